The molecule has 0 aliphatic carbocycles. The molecule has 3 nitrogen and oxygen atoms in total. The fourth-order valence-electron chi connectivity index (χ4n) is 2.09. The number of hydrogen-bond donors (Lipinski definition) is 0. The topological polar surface area (TPSA) is 42.9 Å². The summed E-state index contributed by atoms with van der Waals surface area (Å²) in [5.74, 6) is 0.312. The van der Waals surface area contributed by atoms with Gasteiger partial charge in [0.1, 0.15) is 5.69 Å². The number of nitrogens with zero attached hydrogens (tertiary/aromatic N) is 2. The summed E-state index contributed by atoms with van der Waals surface area (Å²) in [4.78, 5) is 20.1. The summed E-state index contributed by atoms with van der Waals surface area (Å²) in [5, 5.41) is 0. The molecule has 0 aliphatic rings. The largest absolute Gasteiger partial charge is 0.296 e. The minimum absolute atomic E-state index is 0.312. The first-order valence-corrected chi connectivity index (χ1v) is 6.02. The minimum atomic E-state index is 0.312. The highest BCUT2D eigenvalue weighted by atomic mass is 16.1. The zero-order valence-corrected chi connectivity index (χ0v) is 10.2. The van der Waals surface area contributed by atoms with E-state index in [-0.39, 0.29) is 0 Å². The van der Waals surface area contributed by atoms with Crippen LogP contribution in [0.25, 0.3) is 11.0 Å². The molecule has 0 amide bonds. The second-order valence-corrected chi connectivity index (χ2v) is 4.11. The number of rotatable bonds is 4. The first-order chi connectivity index (χ1) is 8.30. The lowest BCUT2D eigenvalue weighted by Crippen LogP contribution is -2.06. The minimum Gasteiger partial charge on any atom is -0.296 e. The molecule has 0 unspecified atom stereocenters. The lowest BCUT2D eigenvalue weighted by atomic mass is 9.97. The standard InChI is InChI=1S/C14H16N2O/c1-3-10(4-2)14-13(9-17)15-11-7-5-6-8-12(11)16-14/h5-10H,3-4H2,1-2H3. The predicted octanol–water partition coefficient (Wildman–Crippen LogP) is 3.35. The molecule has 0 spiro atoms. The first kappa shape index (κ1) is 11.7. The molecule has 1 aromatic carbocycles. The van der Waals surface area contributed by atoms with E-state index < -0.39 is 0 Å². The number of fused-ring (bicyclic) bond motifs is 1. The van der Waals surface area contributed by atoms with Crippen molar-refractivity contribution < 1.29 is 4.79 Å². The van der Waals surface area contributed by atoms with Gasteiger partial charge in [0.25, 0.3) is 0 Å². The van der Waals surface area contributed by atoms with Crippen LogP contribution in [0.3, 0.4) is 0 Å². The quantitative estimate of drug-likeness (QED) is 0.754. The van der Waals surface area contributed by atoms with Gasteiger partial charge in [0.05, 0.1) is 16.7 Å². The Morgan fingerprint density at radius 1 is 1.12 bits per heavy atom. The van der Waals surface area contributed by atoms with E-state index in [9.17, 15) is 4.79 Å². The second-order valence-electron chi connectivity index (χ2n) is 4.11. The van der Waals surface area contributed by atoms with Gasteiger partial charge < -0.3 is 0 Å². The van der Waals surface area contributed by atoms with Crippen molar-refractivity contribution >= 4 is 17.3 Å². The van der Waals surface area contributed by atoms with E-state index >= 15 is 0 Å². The van der Waals surface area contributed by atoms with E-state index in [1.54, 1.807) is 0 Å². The van der Waals surface area contributed by atoms with Gasteiger partial charge in [0.2, 0.25) is 0 Å². The normalized spacial score (nSPS) is 11.0. The molecular formula is C14H16N2O. The molecule has 0 N–H and O–H groups in total. The molecule has 0 aliphatic heterocycles. The number of benzene rings is 1. The van der Waals surface area contributed by atoms with Gasteiger partial charge in [-0.15, -0.1) is 0 Å². The zero-order valence-electron chi connectivity index (χ0n) is 10.2. The Bertz CT molecular complexity index is 533. The molecule has 1 aromatic heterocycles. The van der Waals surface area contributed by atoms with E-state index in [0.717, 1.165) is 35.9 Å². The lowest BCUT2D eigenvalue weighted by molar-refractivity contribution is 0.111. The number of para-hydroxylation sites is 2. The summed E-state index contributed by atoms with van der Waals surface area (Å²) in [6.45, 7) is 4.22. The van der Waals surface area contributed by atoms with Gasteiger partial charge in [0, 0.05) is 5.92 Å². The summed E-state index contributed by atoms with van der Waals surface area (Å²) >= 11 is 0. The zero-order chi connectivity index (χ0) is 12.3. The van der Waals surface area contributed by atoms with E-state index in [1.807, 2.05) is 24.3 Å². The molecular weight excluding hydrogens is 212 g/mol. The fourth-order valence-corrected chi connectivity index (χ4v) is 2.09. The molecule has 2 aromatic rings. The third kappa shape index (κ3) is 2.18. The Kier molecular flexibility index (Phi) is 3.47. The lowest BCUT2D eigenvalue weighted by Gasteiger charge is -2.13. The van der Waals surface area contributed by atoms with Gasteiger partial charge in [-0.1, -0.05) is 26.0 Å². The van der Waals surface area contributed by atoms with Crippen molar-refractivity contribution in [1.82, 2.24) is 9.97 Å². The van der Waals surface area contributed by atoms with Crippen LogP contribution in [0.4, 0.5) is 0 Å². The monoisotopic (exact) mass is 228 g/mol. The number of aldehydes is 1. The maximum Gasteiger partial charge on any atom is 0.170 e. The van der Waals surface area contributed by atoms with Crippen LogP contribution in [-0.4, -0.2) is 16.3 Å². The van der Waals surface area contributed by atoms with Crippen LogP contribution in [-0.2, 0) is 0 Å². The Balaban J connectivity index is 2.64. The van der Waals surface area contributed by atoms with Crippen molar-refractivity contribution in [2.24, 2.45) is 0 Å². The van der Waals surface area contributed by atoms with Crippen molar-refractivity contribution in [3.05, 3.63) is 35.7 Å². The highest BCUT2D eigenvalue weighted by Gasteiger charge is 2.15. The van der Waals surface area contributed by atoms with E-state index in [2.05, 4.69) is 23.8 Å². The van der Waals surface area contributed by atoms with Crippen molar-refractivity contribution in [1.29, 1.82) is 0 Å². The van der Waals surface area contributed by atoms with E-state index in [1.165, 1.54) is 0 Å². The van der Waals surface area contributed by atoms with E-state index in [0.29, 0.717) is 11.6 Å². The molecule has 0 bridgehead atoms. The Hall–Kier alpha value is -1.77. The van der Waals surface area contributed by atoms with Crippen molar-refractivity contribution in [3.8, 4) is 0 Å². The SMILES string of the molecule is CCC(CC)c1nc2ccccc2nc1C=O. The molecule has 0 fully saturated rings. The Morgan fingerprint density at radius 3 is 2.24 bits per heavy atom. The molecule has 0 saturated carbocycles. The fraction of sp³-hybridized carbons (Fsp3) is 0.357. The van der Waals surface area contributed by atoms with Crippen LogP contribution in [0.15, 0.2) is 24.3 Å². The maximum absolute atomic E-state index is 11.1. The summed E-state index contributed by atoms with van der Waals surface area (Å²) in [5.41, 5.74) is 2.96. The van der Waals surface area contributed by atoms with Crippen LogP contribution >= 0.6 is 0 Å². The van der Waals surface area contributed by atoms with Gasteiger partial charge in [0.15, 0.2) is 6.29 Å². The Labute approximate surface area is 101 Å². The average molecular weight is 228 g/mol. The number of hydrogen-bond acceptors (Lipinski definition) is 3. The second kappa shape index (κ2) is 5.04. The maximum atomic E-state index is 11.1. The van der Waals surface area contributed by atoms with Gasteiger partial charge in [-0.2, -0.15) is 0 Å². The third-order valence-electron chi connectivity index (χ3n) is 3.11. The third-order valence-corrected chi connectivity index (χ3v) is 3.11. The van der Waals surface area contributed by atoms with Crippen LogP contribution in [0.5, 0.6) is 0 Å². The van der Waals surface area contributed by atoms with Crippen LogP contribution in [0, 0.1) is 0 Å². The van der Waals surface area contributed by atoms with Crippen LogP contribution in [0.1, 0.15) is 48.8 Å². The smallest absolute Gasteiger partial charge is 0.170 e. The number of carbonyl (C=O) groups excluding carboxylic acids is 1. The van der Waals surface area contributed by atoms with Gasteiger partial charge in [-0.05, 0) is 25.0 Å². The summed E-state index contributed by atoms with van der Waals surface area (Å²) in [6, 6.07) is 7.66. The van der Waals surface area contributed by atoms with Crippen molar-refractivity contribution in [2.75, 3.05) is 0 Å². The summed E-state index contributed by atoms with van der Waals surface area (Å²) in [6.07, 6.45) is 2.77. The van der Waals surface area contributed by atoms with Crippen LogP contribution < -0.4 is 0 Å². The molecule has 1 heterocycles. The molecule has 0 saturated heterocycles. The van der Waals surface area contributed by atoms with Crippen molar-refractivity contribution in [2.45, 2.75) is 32.6 Å². The number of carbonyl (C=O) groups is 1. The van der Waals surface area contributed by atoms with Crippen LogP contribution in [0.2, 0.25) is 0 Å². The first-order valence-electron chi connectivity index (χ1n) is 6.02. The van der Waals surface area contributed by atoms with E-state index in [4.69, 9.17) is 0 Å². The number of aromatic nitrogens is 2. The molecule has 2 rings (SSSR count). The molecule has 3 heteroatoms. The molecule has 88 valence electrons. The van der Waals surface area contributed by atoms with Gasteiger partial charge in [-0.25, -0.2) is 9.97 Å². The van der Waals surface area contributed by atoms with Gasteiger partial charge >= 0.3 is 0 Å². The predicted molar refractivity (Wildman–Crippen MR) is 68.2 cm³/mol. The highest BCUT2D eigenvalue weighted by Crippen LogP contribution is 2.24. The molecule has 17 heavy (non-hydrogen) atoms. The molecule has 0 radical (unpaired) electrons. The summed E-state index contributed by atoms with van der Waals surface area (Å²) < 4.78 is 0. The Morgan fingerprint density at radius 2 is 1.71 bits per heavy atom. The van der Waals surface area contributed by atoms with Crippen molar-refractivity contribution in [3.63, 3.8) is 0 Å². The summed E-state index contributed by atoms with van der Waals surface area (Å²) in [7, 11) is 0. The van der Waals surface area contributed by atoms with Gasteiger partial charge in [-0.3, -0.25) is 4.79 Å². The highest BCUT2D eigenvalue weighted by molar-refractivity contribution is 5.81. The average Bonchev–Trinajstić information content (AvgIpc) is 2.39. The molecule has 0 atom stereocenters.